The fraction of sp³-hybridized carbons (Fsp3) is 0.0625. The minimum absolute atomic E-state index is 0.279. The van der Waals surface area contributed by atoms with Crippen molar-refractivity contribution in [1.29, 1.82) is 5.26 Å². The number of hydrogen-bond donors (Lipinski definition) is 2. The van der Waals surface area contributed by atoms with Gasteiger partial charge in [0.2, 0.25) is 0 Å². The second-order valence-electron chi connectivity index (χ2n) is 4.42. The number of nitrogens with zero attached hydrogens (tertiary/aromatic N) is 1. The van der Waals surface area contributed by atoms with E-state index < -0.39 is 5.91 Å². The molecule has 2 rings (SSSR count). The molecule has 0 saturated heterocycles. The molecule has 5 nitrogen and oxygen atoms in total. The molecule has 2 aromatic rings. The Bertz CT molecular complexity index is 781. The fourth-order valence-corrected chi connectivity index (χ4v) is 2.00. The van der Waals surface area contributed by atoms with Gasteiger partial charge in [0.1, 0.15) is 0 Å². The van der Waals surface area contributed by atoms with Crippen molar-refractivity contribution in [2.75, 3.05) is 12.4 Å². The summed E-state index contributed by atoms with van der Waals surface area (Å²) in [7, 11) is 1.52. The van der Waals surface area contributed by atoms with E-state index in [0.29, 0.717) is 27.4 Å². The minimum Gasteiger partial charge on any atom is -0.355 e. The summed E-state index contributed by atoms with van der Waals surface area (Å²) in [5.74, 6) is -0.688. The molecule has 0 saturated carbocycles. The van der Waals surface area contributed by atoms with Crippen LogP contribution >= 0.6 is 11.6 Å². The van der Waals surface area contributed by atoms with E-state index in [0.717, 1.165) is 0 Å². The molecule has 0 aliphatic heterocycles. The molecule has 0 radical (unpaired) electrons. The average molecular weight is 314 g/mol. The number of nitrogens with one attached hydrogen (secondary N) is 2. The predicted molar refractivity (Wildman–Crippen MR) is 84.0 cm³/mol. The number of nitriles is 1. The maximum atomic E-state index is 12.2. The molecule has 2 N–H and O–H groups in total. The lowest BCUT2D eigenvalue weighted by atomic mass is 10.1. The third kappa shape index (κ3) is 3.43. The maximum Gasteiger partial charge on any atom is 0.255 e. The van der Waals surface area contributed by atoms with E-state index in [9.17, 15) is 9.59 Å². The summed E-state index contributed by atoms with van der Waals surface area (Å²) in [5, 5.41) is 14.3. The van der Waals surface area contributed by atoms with Gasteiger partial charge in [-0.15, -0.1) is 0 Å². The molecule has 0 heterocycles. The third-order valence-corrected chi connectivity index (χ3v) is 3.29. The van der Waals surface area contributed by atoms with Crippen LogP contribution < -0.4 is 10.6 Å². The van der Waals surface area contributed by atoms with Gasteiger partial charge in [0.15, 0.2) is 0 Å². The zero-order valence-corrected chi connectivity index (χ0v) is 12.4. The number of benzene rings is 2. The summed E-state index contributed by atoms with van der Waals surface area (Å²) in [6.07, 6.45) is 0. The van der Waals surface area contributed by atoms with Gasteiger partial charge in [-0.3, -0.25) is 9.59 Å². The fourth-order valence-electron chi connectivity index (χ4n) is 1.83. The van der Waals surface area contributed by atoms with Crippen LogP contribution in [0.4, 0.5) is 5.69 Å². The van der Waals surface area contributed by atoms with Crippen LogP contribution in [0.3, 0.4) is 0 Å². The van der Waals surface area contributed by atoms with Gasteiger partial charge in [-0.05, 0) is 36.4 Å². The van der Waals surface area contributed by atoms with Crippen molar-refractivity contribution < 1.29 is 9.59 Å². The Kier molecular flexibility index (Phi) is 4.77. The van der Waals surface area contributed by atoms with Crippen LogP contribution in [0.1, 0.15) is 26.3 Å². The molecule has 0 aliphatic carbocycles. The Hall–Kier alpha value is -2.84. The normalized spacial score (nSPS) is 9.68. The zero-order chi connectivity index (χ0) is 16.1. The van der Waals surface area contributed by atoms with Gasteiger partial charge in [-0.1, -0.05) is 17.7 Å². The number of amides is 2. The lowest BCUT2D eigenvalue weighted by Gasteiger charge is -2.09. The number of carbonyl (C=O) groups is 2. The summed E-state index contributed by atoms with van der Waals surface area (Å²) >= 11 is 6.04. The molecule has 0 fully saturated rings. The number of anilines is 1. The lowest BCUT2D eigenvalue weighted by Crippen LogP contribution is -2.18. The van der Waals surface area contributed by atoms with Crippen LogP contribution in [0.25, 0.3) is 0 Å². The second-order valence-corrected chi connectivity index (χ2v) is 4.83. The van der Waals surface area contributed by atoms with E-state index in [1.54, 1.807) is 24.3 Å². The highest BCUT2D eigenvalue weighted by Gasteiger charge is 2.12. The van der Waals surface area contributed by atoms with Crippen molar-refractivity contribution in [3.63, 3.8) is 0 Å². The van der Waals surface area contributed by atoms with E-state index in [1.165, 1.54) is 25.2 Å². The molecule has 0 bridgehead atoms. The summed E-state index contributed by atoms with van der Waals surface area (Å²) in [4.78, 5) is 23.8. The van der Waals surface area contributed by atoms with E-state index in [4.69, 9.17) is 16.9 Å². The van der Waals surface area contributed by atoms with Gasteiger partial charge in [-0.2, -0.15) is 5.26 Å². The Morgan fingerprint density at radius 3 is 2.50 bits per heavy atom. The van der Waals surface area contributed by atoms with Crippen molar-refractivity contribution >= 4 is 29.1 Å². The molecule has 6 heteroatoms. The van der Waals surface area contributed by atoms with Crippen molar-refractivity contribution in [2.45, 2.75) is 0 Å². The van der Waals surface area contributed by atoms with Crippen LogP contribution in [-0.4, -0.2) is 18.9 Å². The highest BCUT2D eigenvalue weighted by atomic mass is 35.5. The predicted octanol–water partition coefficient (Wildman–Crippen LogP) is 2.82. The first kappa shape index (κ1) is 15.5. The Morgan fingerprint density at radius 1 is 1.09 bits per heavy atom. The zero-order valence-electron chi connectivity index (χ0n) is 11.7. The molecule has 2 amide bonds. The van der Waals surface area contributed by atoms with Crippen molar-refractivity contribution in [3.05, 3.63) is 64.2 Å². The summed E-state index contributed by atoms with van der Waals surface area (Å²) in [5.41, 5.74) is 1.43. The molecule has 0 aliphatic rings. The van der Waals surface area contributed by atoms with Crippen LogP contribution in [0, 0.1) is 11.3 Å². The second kappa shape index (κ2) is 6.74. The molecule has 110 valence electrons. The number of halogens is 1. The average Bonchev–Trinajstić information content (AvgIpc) is 2.56. The van der Waals surface area contributed by atoms with Crippen molar-refractivity contribution in [2.24, 2.45) is 0 Å². The highest BCUT2D eigenvalue weighted by Crippen LogP contribution is 2.23. The summed E-state index contributed by atoms with van der Waals surface area (Å²) in [6.45, 7) is 0. The van der Waals surface area contributed by atoms with Crippen LogP contribution in [0.5, 0.6) is 0 Å². The van der Waals surface area contributed by atoms with E-state index >= 15 is 0 Å². The van der Waals surface area contributed by atoms with Gasteiger partial charge < -0.3 is 10.6 Å². The number of rotatable bonds is 3. The van der Waals surface area contributed by atoms with E-state index in [2.05, 4.69) is 10.6 Å². The first-order valence-corrected chi connectivity index (χ1v) is 6.76. The standard InChI is InChI=1S/C16H12ClN3O2/c1-19-15(21)12-5-6-13(17)14(8-12)20-16(22)11-4-2-3-10(7-11)9-18/h2-8H,1H3,(H,19,21)(H,20,22). The first-order valence-electron chi connectivity index (χ1n) is 6.38. The van der Waals surface area contributed by atoms with Gasteiger partial charge in [0, 0.05) is 18.2 Å². The molecule has 0 aromatic heterocycles. The molecular weight excluding hydrogens is 302 g/mol. The van der Waals surface area contributed by atoms with Gasteiger partial charge in [0.25, 0.3) is 11.8 Å². The Morgan fingerprint density at radius 2 is 1.82 bits per heavy atom. The molecule has 0 spiro atoms. The summed E-state index contributed by atoms with van der Waals surface area (Å²) < 4.78 is 0. The van der Waals surface area contributed by atoms with Gasteiger partial charge in [0.05, 0.1) is 22.3 Å². The largest absolute Gasteiger partial charge is 0.355 e. The number of hydrogen-bond acceptors (Lipinski definition) is 3. The first-order chi connectivity index (χ1) is 10.5. The van der Waals surface area contributed by atoms with Crippen LogP contribution in [0.2, 0.25) is 5.02 Å². The molecule has 2 aromatic carbocycles. The quantitative estimate of drug-likeness (QED) is 0.914. The topological polar surface area (TPSA) is 82.0 Å². The molecule has 22 heavy (non-hydrogen) atoms. The Labute approximate surface area is 132 Å². The highest BCUT2D eigenvalue weighted by molar-refractivity contribution is 6.34. The number of carbonyl (C=O) groups excluding carboxylic acids is 2. The summed E-state index contributed by atoms with van der Waals surface area (Å²) in [6, 6.07) is 12.9. The van der Waals surface area contributed by atoms with E-state index in [1.807, 2.05) is 6.07 Å². The lowest BCUT2D eigenvalue weighted by molar-refractivity contribution is 0.0961. The molecule has 0 atom stereocenters. The van der Waals surface area contributed by atoms with Crippen molar-refractivity contribution in [1.82, 2.24) is 5.32 Å². The molecule has 0 unspecified atom stereocenters. The molecular formula is C16H12ClN3O2. The van der Waals surface area contributed by atoms with Crippen molar-refractivity contribution in [3.8, 4) is 6.07 Å². The van der Waals surface area contributed by atoms with Gasteiger partial charge >= 0.3 is 0 Å². The maximum absolute atomic E-state index is 12.2. The van der Waals surface area contributed by atoms with Crippen LogP contribution in [-0.2, 0) is 0 Å². The van der Waals surface area contributed by atoms with E-state index in [-0.39, 0.29) is 5.91 Å². The SMILES string of the molecule is CNC(=O)c1ccc(Cl)c(NC(=O)c2cccc(C#N)c2)c1. The minimum atomic E-state index is -0.409. The Balaban J connectivity index is 2.28. The smallest absolute Gasteiger partial charge is 0.255 e. The van der Waals surface area contributed by atoms with Crippen LogP contribution in [0.15, 0.2) is 42.5 Å². The van der Waals surface area contributed by atoms with Gasteiger partial charge in [-0.25, -0.2) is 0 Å². The third-order valence-electron chi connectivity index (χ3n) is 2.96. The monoisotopic (exact) mass is 313 g/mol.